The first-order chi connectivity index (χ1) is 9.22. The number of pyridine rings is 1. The van der Waals surface area contributed by atoms with Crippen molar-refractivity contribution in [3.63, 3.8) is 0 Å². The van der Waals surface area contributed by atoms with Crippen LogP contribution in [-0.4, -0.2) is 12.1 Å². The Morgan fingerprint density at radius 1 is 1.11 bits per heavy atom. The lowest BCUT2D eigenvalue weighted by Crippen LogP contribution is -1.94. The number of fused-ring (bicyclic) bond motifs is 2. The topological polar surface area (TPSA) is 71.9 Å². The number of hydrogen-bond acceptors (Lipinski definition) is 4. The summed E-state index contributed by atoms with van der Waals surface area (Å²) in [5, 5.41) is 10.6. The number of nitriles is 1. The fourth-order valence-corrected chi connectivity index (χ4v) is 2.15. The van der Waals surface area contributed by atoms with Crippen LogP contribution in [0, 0.1) is 11.3 Å². The van der Waals surface area contributed by atoms with E-state index < -0.39 is 0 Å². The van der Waals surface area contributed by atoms with Gasteiger partial charge in [-0.25, -0.2) is 4.98 Å². The Balaban J connectivity index is 2.41. The van der Waals surface area contributed by atoms with Crippen molar-refractivity contribution in [2.75, 3.05) is 12.8 Å². The lowest BCUT2D eigenvalue weighted by Gasteiger charge is -2.08. The van der Waals surface area contributed by atoms with Gasteiger partial charge in [0.2, 0.25) is 0 Å². The monoisotopic (exact) mass is 249 g/mol. The summed E-state index contributed by atoms with van der Waals surface area (Å²) in [6.07, 6.45) is 0. The van der Waals surface area contributed by atoms with Crippen LogP contribution in [0.25, 0.3) is 21.8 Å². The molecule has 1 aromatic heterocycles. The highest BCUT2D eigenvalue weighted by atomic mass is 16.5. The van der Waals surface area contributed by atoms with Gasteiger partial charge < -0.3 is 10.5 Å². The summed E-state index contributed by atoms with van der Waals surface area (Å²) in [4.78, 5) is 4.54. The van der Waals surface area contributed by atoms with Gasteiger partial charge in [0.25, 0.3) is 0 Å². The Labute approximate surface area is 110 Å². The third-order valence-corrected chi connectivity index (χ3v) is 3.15. The Morgan fingerprint density at radius 2 is 1.95 bits per heavy atom. The molecule has 0 fully saturated rings. The van der Waals surface area contributed by atoms with E-state index in [1.165, 1.54) is 0 Å². The number of methoxy groups -OCH3 is 1. The Kier molecular flexibility index (Phi) is 2.46. The van der Waals surface area contributed by atoms with Crippen LogP contribution in [0.1, 0.15) is 5.56 Å². The molecule has 2 N–H and O–H groups in total. The molecular weight excluding hydrogens is 238 g/mol. The van der Waals surface area contributed by atoms with Gasteiger partial charge in [-0.2, -0.15) is 5.26 Å². The standard InChI is InChI=1S/C15H11N3O/c1-19-10-3-5-13-12(7-10)15(17)11-4-2-9(8-16)6-14(11)18-13/h2-7H,1H3,(H2,17,18). The highest BCUT2D eigenvalue weighted by Crippen LogP contribution is 2.30. The second kappa shape index (κ2) is 4.14. The highest BCUT2D eigenvalue weighted by Gasteiger charge is 2.08. The molecule has 0 amide bonds. The van der Waals surface area contributed by atoms with E-state index in [0.717, 1.165) is 27.6 Å². The predicted molar refractivity (Wildman–Crippen MR) is 74.9 cm³/mol. The minimum absolute atomic E-state index is 0.576. The maximum atomic E-state index is 8.92. The molecule has 3 aromatic rings. The summed E-state index contributed by atoms with van der Waals surface area (Å²) in [6.45, 7) is 0. The second-order valence-corrected chi connectivity index (χ2v) is 4.25. The molecule has 3 rings (SSSR count). The third-order valence-electron chi connectivity index (χ3n) is 3.15. The van der Waals surface area contributed by atoms with Gasteiger partial charge in [0.05, 0.1) is 35.5 Å². The van der Waals surface area contributed by atoms with E-state index in [0.29, 0.717) is 11.3 Å². The van der Waals surface area contributed by atoms with Crippen LogP contribution in [-0.2, 0) is 0 Å². The van der Waals surface area contributed by atoms with Gasteiger partial charge in [-0.1, -0.05) is 0 Å². The molecule has 2 aromatic carbocycles. The molecule has 0 unspecified atom stereocenters. The number of nitrogens with zero attached hydrogens (tertiary/aromatic N) is 2. The lowest BCUT2D eigenvalue weighted by atomic mass is 10.1. The van der Waals surface area contributed by atoms with Crippen LogP contribution in [0.15, 0.2) is 36.4 Å². The van der Waals surface area contributed by atoms with Crippen molar-refractivity contribution in [2.24, 2.45) is 0 Å². The zero-order valence-electron chi connectivity index (χ0n) is 10.3. The van der Waals surface area contributed by atoms with Gasteiger partial charge >= 0.3 is 0 Å². The van der Waals surface area contributed by atoms with Crippen molar-refractivity contribution < 1.29 is 4.74 Å². The number of ether oxygens (including phenoxy) is 1. The molecule has 19 heavy (non-hydrogen) atoms. The van der Waals surface area contributed by atoms with E-state index in [9.17, 15) is 0 Å². The molecule has 4 heteroatoms. The first kappa shape index (κ1) is 11.3. The van der Waals surface area contributed by atoms with Crippen LogP contribution >= 0.6 is 0 Å². The fourth-order valence-electron chi connectivity index (χ4n) is 2.15. The normalized spacial score (nSPS) is 10.5. The van der Waals surface area contributed by atoms with Crippen LogP contribution in [0.4, 0.5) is 5.69 Å². The first-order valence-electron chi connectivity index (χ1n) is 5.80. The largest absolute Gasteiger partial charge is 0.497 e. The number of anilines is 1. The second-order valence-electron chi connectivity index (χ2n) is 4.25. The van der Waals surface area contributed by atoms with Crippen LogP contribution < -0.4 is 10.5 Å². The predicted octanol–water partition coefficient (Wildman–Crippen LogP) is 2.85. The number of benzene rings is 2. The number of nitrogens with two attached hydrogens (primary N) is 1. The van der Waals surface area contributed by atoms with Gasteiger partial charge in [0.15, 0.2) is 0 Å². The SMILES string of the molecule is COc1ccc2nc3cc(C#N)ccc3c(N)c2c1. The van der Waals surface area contributed by atoms with E-state index in [4.69, 9.17) is 15.7 Å². The molecule has 0 radical (unpaired) electrons. The molecule has 4 nitrogen and oxygen atoms in total. The van der Waals surface area contributed by atoms with Crippen LogP contribution in [0.5, 0.6) is 5.75 Å². The van der Waals surface area contributed by atoms with Crippen molar-refractivity contribution in [3.8, 4) is 11.8 Å². The summed E-state index contributed by atoms with van der Waals surface area (Å²) >= 11 is 0. The first-order valence-corrected chi connectivity index (χ1v) is 5.80. The van der Waals surface area contributed by atoms with Gasteiger partial charge in [-0.15, -0.1) is 0 Å². The molecule has 0 aliphatic heterocycles. The zero-order chi connectivity index (χ0) is 13.4. The van der Waals surface area contributed by atoms with Crippen molar-refractivity contribution in [1.82, 2.24) is 4.98 Å². The molecule has 1 heterocycles. The smallest absolute Gasteiger partial charge is 0.119 e. The summed E-state index contributed by atoms with van der Waals surface area (Å²) in [5.74, 6) is 0.744. The third kappa shape index (κ3) is 1.72. The summed E-state index contributed by atoms with van der Waals surface area (Å²) in [5.41, 5.74) is 8.95. The highest BCUT2D eigenvalue weighted by molar-refractivity contribution is 6.06. The Hall–Kier alpha value is -2.80. The summed E-state index contributed by atoms with van der Waals surface area (Å²) in [7, 11) is 1.62. The summed E-state index contributed by atoms with van der Waals surface area (Å²) in [6, 6.07) is 13.0. The van der Waals surface area contributed by atoms with E-state index in [-0.39, 0.29) is 0 Å². The summed E-state index contributed by atoms with van der Waals surface area (Å²) < 4.78 is 5.20. The fraction of sp³-hybridized carbons (Fsp3) is 0.0667. The molecule has 0 spiro atoms. The average molecular weight is 249 g/mol. The molecule has 92 valence electrons. The van der Waals surface area contributed by atoms with Crippen molar-refractivity contribution >= 4 is 27.5 Å². The van der Waals surface area contributed by atoms with Gasteiger partial charge in [-0.3, -0.25) is 0 Å². The van der Waals surface area contributed by atoms with Gasteiger partial charge in [-0.05, 0) is 36.4 Å². The number of aromatic nitrogens is 1. The van der Waals surface area contributed by atoms with Crippen LogP contribution in [0.3, 0.4) is 0 Å². The quantitative estimate of drug-likeness (QED) is 0.673. The molecular formula is C15H11N3O. The van der Waals surface area contributed by atoms with Crippen molar-refractivity contribution in [1.29, 1.82) is 5.26 Å². The minimum Gasteiger partial charge on any atom is -0.497 e. The molecule has 0 atom stereocenters. The molecule has 0 bridgehead atoms. The van der Waals surface area contributed by atoms with Crippen molar-refractivity contribution in [2.45, 2.75) is 0 Å². The van der Waals surface area contributed by atoms with E-state index in [2.05, 4.69) is 11.1 Å². The molecule has 0 saturated heterocycles. The van der Waals surface area contributed by atoms with Gasteiger partial charge in [0.1, 0.15) is 5.75 Å². The molecule has 0 aliphatic carbocycles. The average Bonchev–Trinajstić information content (AvgIpc) is 2.46. The molecule has 0 saturated carbocycles. The maximum absolute atomic E-state index is 8.92. The number of nitrogen functional groups attached to an aromatic ring is 1. The number of rotatable bonds is 1. The number of hydrogen-bond donors (Lipinski definition) is 1. The zero-order valence-corrected chi connectivity index (χ0v) is 10.3. The molecule has 0 aliphatic rings. The Bertz CT molecular complexity index is 834. The Morgan fingerprint density at radius 3 is 2.68 bits per heavy atom. The maximum Gasteiger partial charge on any atom is 0.119 e. The van der Waals surface area contributed by atoms with E-state index in [1.54, 1.807) is 19.2 Å². The van der Waals surface area contributed by atoms with E-state index in [1.807, 2.05) is 24.3 Å². The minimum atomic E-state index is 0.576. The van der Waals surface area contributed by atoms with E-state index >= 15 is 0 Å². The van der Waals surface area contributed by atoms with Crippen molar-refractivity contribution in [3.05, 3.63) is 42.0 Å². The van der Waals surface area contributed by atoms with Crippen LogP contribution in [0.2, 0.25) is 0 Å². The van der Waals surface area contributed by atoms with Gasteiger partial charge in [0, 0.05) is 10.8 Å². The lowest BCUT2D eigenvalue weighted by molar-refractivity contribution is 0.415.